The number of nitrogens with zero attached hydrogens (tertiary/aromatic N) is 2. The first kappa shape index (κ1) is 18.1. The molecule has 1 aromatic carbocycles. The fraction of sp³-hybridized carbons (Fsp3) is 0.400. The van der Waals surface area contributed by atoms with Crippen molar-refractivity contribution in [3.05, 3.63) is 35.7 Å². The van der Waals surface area contributed by atoms with Crippen LogP contribution in [0.4, 0.5) is 0 Å². The second-order valence-corrected chi connectivity index (χ2v) is 7.36. The van der Waals surface area contributed by atoms with Crippen molar-refractivity contribution in [1.29, 1.82) is 0 Å². The molecule has 0 spiro atoms. The minimum Gasteiger partial charge on any atom is -0.345 e. The van der Waals surface area contributed by atoms with Crippen molar-refractivity contribution < 1.29 is 17.7 Å². The summed E-state index contributed by atoms with van der Waals surface area (Å²) in [6, 6.07) is 7.22. The van der Waals surface area contributed by atoms with Gasteiger partial charge in [0.05, 0.1) is 6.26 Å². The highest BCUT2D eigenvalue weighted by Crippen LogP contribution is 2.19. The fourth-order valence-corrected chi connectivity index (χ4v) is 2.43. The largest absolute Gasteiger partial charge is 0.345 e. The van der Waals surface area contributed by atoms with E-state index in [1.165, 1.54) is 0 Å². The highest BCUT2D eigenvalue weighted by atomic mass is 32.2. The van der Waals surface area contributed by atoms with Gasteiger partial charge in [0.1, 0.15) is 6.04 Å². The smallest absolute Gasteiger partial charge is 0.249 e. The quantitative estimate of drug-likeness (QED) is 0.773. The molecular weight excluding hydrogens is 332 g/mol. The molecule has 0 saturated carbocycles. The second kappa shape index (κ2) is 7.54. The molecule has 0 unspecified atom stereocenters. The van der Waals surface area contributed by atoms with E-state index in [4.69, 9.17) is 4.52 Å². The molecule has 1 amide bonds. The van der Waals surface area contributed by atoms with Gasteiger partial charge in [-0.3, -0.25) is 4.79 Å². The van der Waals surface area contributed by atoms with E-state index in [0.29, 0.717) is 5.82 Å². The van der Waals surface area contributed by atoms with Crippen molar-refractivity contribution >= 4 is 15.9 Å². The third kappa shape index (κ3) is 5.43. The molecule has 1 aromatic heterocycles. The Kier molecular flexibility index (Phi) is 5.68. The predicted octanol–water partition coefficient (Wildman–Crippen LogP) is 1.16. The van der Waals surface area contributed by atoms with E-state index >= 15 is 0 Å². The van der Waals surface area contributed by atoms with Crippen LogP contribution in [-0.4, -0.2) is 37.3 Å². The first-order chi connectivity index (χ1) is 11.2. The average molecular weight is 352 g/mol. The van der Waals surface area contributed by atoms with Crippen LogP contribution in [-0.2, 0) is 14.8 Å². The SMILES string of the molecule is Cc1ccc(-c2noc([C@@H](C)NC(=O)CCNS(C)(=O)=O)n2)cc1. The lowest BCUT2D eigenvalue weighted by atomic mass is 10.1. The Morgan fingerprint density at radius 3 is 2.58 bits per heavy atom. The molecular formula is C15H20N4O4S. The number of aryl methyl sites for hydroxylation is 1. The monoisotopic (exact) mass is 352 g/mol. The first-order valence-corrected chi connectivity index (χ1v) is 9.28. The van der Waals surface area contributed by atoms with Crippen LogP contribution in [0, 0.1) is 6.92 Å². The van der Waals surface area contributed by atoms with E-state index in [1.54, 1.807) is 6.92 Å². The molecule has 0 bridgehead atoms. The Morgan fingerprint density at radius 1 is 1.29 bits per heavy atom. The van der Waals surface area contributed by atoms with Crippen molar-refractivity contribution in [1.82, 2.24) is 20.2 Å². The predicted molar refractivity (Wildman–Crippen MR) is 88.5 cm³/mol. The number of hydrogen-bond acceptors (Lipinski definition) is 6. The van der Waals surface area contributed by atoms with Gasteiger partial charge in [0.25, 0.3) is 0 Å². The topological polar surface area (TPSA) is 114 Å². The molecule has 0 saturated heterocycles. The number of benzene rings is 1. The van der Waals surface area contributed by atoms with E-state index < -0.39 is 16.1 Å². The third-order valence-electron chi connectivity index (χ3n) is 3.22. The van der Waals surface area contributed by atoms with Crippen LogP contribution in [0.2, 0.25) is 0 Å². The van der Waals surface area contributed by atoms with Gasteiger partial charge in [-0.15, -0.1) is 0 Å². The van der Waals surface area contributed by atoms with Gasteiger partial charge in [-0.1, -0.05) is 35.0 Å². The Hall–Kier alpha value is -2.26. The summed E-state index contributed by atoms with van der Waals surface area (Å²) < 4.78 is 29.3. The number of carbonyl (C=O) groups is 1. The van der Waals surface area contributed by atoms with Crippen molar-refractivity contribution in [2.75, 3.05) is 12.8 Å². The molecule has 0 radical (unpaired) electrons. The molecule has 0 aliphatic rings. The van der Waals surface area contributed by atoms with Crippen LogP contribution in [0.25, 0.3) is 11.4 Å². The molecule has 2 N–H and O–H groups in total. The lowest BCUT2D eigenvalue weighted by Crippen LogP contribution is -2.31. The molecule has 24 heavy (non-hydrogen) atoms. The average Bonchev–Trinajstić information content (AvgIpc) is 2.96. The highest BCUT2D eigenvalue weighted by Gasteiger charge is 2.17. The number of rotatable bonds is 7. The molecule has 0 fully saturated rings. The summed E-state index contributed by atoms with van der Waals surface area (Å²) in [6.45, 7) is 3.74. The summed E-state index contributed by atoms with van der Waals surface area (Å²) in [4.78, 5) is 16.1. The van der Waals surface area contributed by atoms with Crippen molar-refractivity contribution in [2.24, 2.45) is 0 Å². The number of hydrogen-bond donors (Lipinski definition) is 2. The molecule has 1 atom stereocenters. The van der Waals surface area contributed by atoms with Gasteiger partial charge in [0, 0.05) is 18.5 Å². The molecule has 2 rings (SSSR count). The van der Waals surface area contributed by atoms with E-state index in [1.807, 2.05) is 31.2 Å². The summed E-state index contributed by atoms with van der Waals surface area (Å²) in [5.74, 6) is 0.425. The zero-order valence-electron chi connectivity index (χ0n) is 13.7. The van der Waals surface area contributed by atoms with E-state index in [-0.39, 0.29) is 24.8 Å². The minimum absolute atomic E-state index is 0.0242. The van der Waals surface area contributed by atoms with Gasteiger partial charge >= 0.3 is 0 Å². The standard InChI is InChI=1S/C15H20N4O4S/c1-10-4-6-12(7-5-10)14-18-15(23-19-14)11(2)17-13(20)8-9-16-24(3,21)22/h4-7,11,16H,8-9H2,1-3H3,(H,17,20)/t11-/m1/s1. The summed E-state index contributed by atoms with van der Waals surface area (Å²) in [5.41, 5.74) is 1.96. The van der Waals surface area contributed by atoms with Crippen LogP contribution < -0.4 is 10.0 Å². The van der Waals surface area contributed by atoms with Gasteiger partial charge in [-0.05, 0) is 13.8 Å². The Morgan fingerprint density at radius 2 is 1.96 bits per heavy atom. The maximum Gasteiger partial charge on any atom is 0.249 e. The van der Waals surface area contributed by atoms with E-state index in [9.17, 15) is 13.2 Å². The molecule has 0 aliphatic carbocycles. The number of aromatic nitrogens is 2. The van der Waals surface area contributed by atoms with Crippen LogP contribution in [0.3, 0.4) is 0 Å². The summed E-state index contributed by atoms with van der Waals surface area (Å²) in [5, 5.41) is 6.60. The third-order valence-corrected chi connectivity index (χ3v) is 3.94. The molecule has 2 aromatic rings. The van der Waals surface area contributed by atoms with Crippen LogP contribution in [0.5, 0.6) is 0 Å². The van der Waals surface area contributed by atoms with Crippen LogP contribution >= 0.6 is 0 Å². The summed E-state index contributed by atoms with van der Waals surface area (Å²) in [6.07, 6.45) is 1.06. The number of amides is 1. The lowest BCUT2D eigenvalue weighted by molar-refractivity contribution is -0.121. The maximum absolute atomic E-state index is 11.8. The summed E-state index contributed by atoms with van der Waals surface area (Å²) >= 11 is 0. The maximum atomic E-state index is 11.8. The fourth-order valence-electron chi connectivity index (χ4n) is 1.96. The lowest BCUT2D eigenvalue weighted by Gasteiger charge is -2.09. The highest BCUT2D eigenvalue weighted by molar-refractivity contribution is 7.88. The first-order valence-electron chi connectivity index (χ1n) is 7.39. The Bertz CT molecular complexity index is 799. The number of sulfonamides is 1. The zero-order chi connectivity index (χ0) is 17.7. The molecule has 8 nitrogen and oxygen atoms in total. The van der Waals surface area contributed by atoms with E-state index in [2.05, 4.69) is 20.2 Å². The molecule has 0 aliphatic heterocycles. The van der Waals surface area contributed by atoms with E-state index in [0.717, 1.165) is 17.4 Å². The van der Waals surface area contributed by atoms with Gasteiger partial charge in [-0.25, -0.2) is 13.1 Å². The van der Waals surface area contributed by atoms with Crippen molar-refractivity contribution in [2.45, 2.75) is 26.3 Å². The van der Waals surface area contributed by atoms with Gasteiger partial charge < -0.3 is 9.84 Å². The number of carbonyl (C=O) groups excluding carboxylic acids is 1. The van der Waals surface area contributed by atoms with Gasteiger partial charge in [0.15, 0.2) is 0 Å². The van der Waals surface area contributed by atoms with Crippen LogP contribution in [0.15, 0.2) is 28.8 Å². The Balaban J connectivity index is 1.92. The minimum atomic E-state index is -3.30. The summed E-state index contributed by atoms with van der Waals surface area (Å²) in [7, 11) is -3.30. The molecule has 1 heterocycles. The number of nitrogens with one attached hydrogen (secondary N) is 2. The zero-order valence-corrected chi connectivity index (χ0v) is 14.6. The van der Waals surface area contributed by atoms with Gasteiger partial charge in [-0.2, -0.15) is 4.98 Å². The van der Waals surface area contributed by atoms with Gasteiger partial charge in [0.2, 0.25) is 27.6 Å². The molecule has 130 valence electrons. The Labute approximate surface area is 140 Å². The van der Waals surface area contributed by atoms with Crippen molar-refractivity contribution in [3.63, 3.8) is 0 Å². The molecule has 9 heteroatoms. The second-order valence-electron chi connectivity index (χ2n) is 5.53. The van der Waals surface area contributed by atoms with Crippen LogP contribution in [0.1, 0.15) is 30.8 Å². The normalized spacial score (nSPS) is 12.8. The van der Waals surface area contributed by atoms with Crippen molar-refractivity contribution in [3.8, 4) is 11.4 Å².